The quantitative estimate of drug-likeness (QED) is 0.255. The van der Waals surface area contributed by atoms with Crippen LogP contribution in [0.15, 0.2) is 71.3 Å². The lowest BCUT2D eigenvalue weighted by molar-refractivity contribution is -0.0316. The summed E-state index contributed by atoms with van der Waals surface area (Å²) in [5.41, 5.74) is 17.8. The van der Waals surface area contributed by atoms with E-state index in [0.717, 1.165) is 76.9 Å². The Kier molecular flexibility index (Phi) is 7.02. The predicted molar refractivity (Wildman–Crippen MR) is 248 cm³/mol. The zero-order valence-electron chi connectivity index (χ0n) is 37.9. The van der Waals surface area contributed by atoms with Crippen LogP contribution in [0.4, 0.5) is 0 Å². The van der Waals surface area contributed by atoms with Crippen LogP contribution < -0.4 is 0 Å². The number of allylic oxidation sites excluding steroid dienone is 6. The van der Waals surface area contributed by atoms with Crippen LogP contribution in [0.2, 0.25) is 0 Å². The van der Waals surface area contributed by atoms with E-state index in [4.69, 9.17) is 0 Å². The van der Waals surface area contributed by atoms with E-state index >= 15 is 0 Å². The molecule has 5 unspecified atom stereocenters. The summed E-state index contributed by atoms with van der Waals surface area (Å²) in [7, 11) is 0. The maximum atomic E-state index is 3.04. The Morgan fingerprint density at radius 2 is 0.951 bits per heavy atom. The van der Waals surface area contributed by atoms with Crippen molar-refractivity contribution in [2.75, 3.05) is 0 Å². The standard InChI is InChI=1S/C61H74/c1-34(2)61(33-55(51-19-35-3-4-45(51)18-35)54-22-48(23-56(54)61)60-30-42-15-43(31-60)17-44(16-42)32-60)57-49-7-5-46(58-24-36-9-37(25-58)11-38(10-36)26-58)20-52(49)53-21-47(6-8-50(53)57)59-27-39-12-40(28-59)14-41(13-39)29-59/h3-8,20-21,23,34-45,51,55,57H,9-19,22,24-33H2,1-2H3. The Balaban J connectivity index is 0.876. The van der Waals surface area contributed by atoms with E-state index < -0.39 is 0 Å². The molecule has 0 heterocycles. The first-order valence-corrected chi connectivity index (χ1v) is 27.1. The molecule has 0 aliphatic heterocycles. The molecule has 0 radical (unpaired) electrons. The molecule has 17 aliphatic carbocycles. The van der Waals surface area contributed by atoms with Gasteiger partial charge in [0, 0.05) is 11.3 Å². The Morgan fingerprint density at radius 1 is 0.492 bits per heavy atom. The molecule has 0 N–H and O–H groups in total. The smallest absolute Gasteiger partial charge is 0.0201 e. The van der Waals surface area contributed by atoms with Gasteiger partial charge in [-0.2, -0.15) is 0 Å². The largest absolute Gasteiger partial charge is 0.0851 e. The van der Waals surface area contributed by atoms with Crippen molar-refractivity contribution in [1.82, 2.24) is 0 Å². The van der Waals surface area contributed by atoms with Gasteiger partial charge in [-0.05, 0) is 279 Å². The van der Waals surface area contributed by atoms with Gasteiger partial charge in [0.15, 0.2) is 0 Å². The molecule has 19 rings (SSSR count). The maximum absolute atomic E-state index is 3.04. The van der Waals surface area contributed by atoms with Crippen LogP contribution in [0.25, 0.3) is 11.1 Å². The first-order valence-electron chi connectivity index (χ1n) is 27.1. The van der Waals surface area contributed by atoms with Gasteiger partial charge in [0.25, 0.3) is 0 Å². The van der Waals surface area contributed by atoms with Crippen molar-refractivity contribution >= 4 is 0 Å². The van der Waals surface area contributed by atoms with Crippen LogP contribution in [0.1, 0.15) is 183 Å². The van der Waals surface area contributed by atoms with E-state index in [1.54, 1.807) is 52.6 Å². The van der Waals surface area contributed by atoms with Gasteiger partial charge in [-0.1, -0.05) is 79.6 Å². The van der Waals surface area contributed by atoms with Crippen molar-refractivity contribution in [3.8, 4) is 11.1 Å². The van der Waals surface area contributed by atoms with Crippen LogP contribution in [0.3, 0.4) is 0 Å². The maximum Gasteiger partial charge on any atom is 0.0201 e. The summed E-state index contributed by atoms with van der Waals surface area (Å²) in [6, 6.07) is 17.0. The molecule has 0 aromatic heterocycles. The molecular formula is C61H74. The Labute approximate surface area is 368 Å². The van der Waals surface area contributed by atoms with Gasteiger partial charge >= 0.3 is 0 Å². The SMILES string of the molecule is CC(C)C1(C2c3ccc(C45CC6CC(CC(C6)C4)C5)cc3-c3cc(C45CC6CC(CC(C6)C4)C5)ccc32)CC(C2CC3C=CC2C3)C2=C1C=C(C13CC4CC(CC(C4)C1)C3)C2. The number of fused-ring (bicyclic) bond motifs is 5. The molecule has 2 aromatic carbocycles. The average molecular weight is 807 g/mol. The lowest BCUT2D eigenvalue weighted by atomic mass is 9.47. The summed E-state index contributed by atoms with van der Waals surface area (Å²) < 4.78 is 0. The van der Waals surface area contributed by atoms with E-state index in [-0.39, 0.29) is 5.41 Å². The molecule has 0 heteroatoms. The zero-order valence-corrected chi connectivity index (χ0v) is 37.9. The molecule has 5 atom stereocenters. The molecule has 0 amide bonds. The van der Waals surface area contributed by atoms with Crippen molar-refractivity contribution < 1.29 is 0 Å². The molecule has 14 bridgehead atoms. The van der Waals surface area contributed by atoms with Gasteiger partial charge in [-0.25, -0.2) is 0 Å². The molecule has 0 saturated heterocycles. The normalized spacial score (nSPS) is 51.7. The summed E-state index contributed by atoms with van der Waals surface area (Å²) in [5, 5.41) is 0. The van der Waals surface area contributed by atoms with Crippen molar-refractivity contribution in [1.29, 1.82) is 0 Å². The Bertz CT molecular complexity index is 2150. The van der Waals surface area contributed by atoms with Crippen LogP contribution in [0.5, 0.6) is 0 Å². The van der Waals surface area contributed by atoms with Crippen LogP contribution in [0, 0.1) is 93.7 Å². The monoisotopic (exact) mass is 807 g/mol. The first kappa shape index (κ1) is 35.9. The Morgan fingerprint density at radius 3 is 1.36 bits per heavy atom. The third-order valence-corrected chi connectivity index (χ3v) is 24.0. The van der Waals surface area contributed by atoms with Gasteiger partial charge in [0.1, 0.15) is 0 Å². The summed E-state index contributed by atoms with van der Waals surface area (Å²) in [6.07, 6.45) is 41.4. The van der Waals surface area contributed by atoms with E-state index in [2.05, 4.69) is 68.5 Å². The van der Waals surface area contributed by atoms with Gasteiger partial charge in [-0.15, -0.1) is 0 Å². The number of rotatable bonds is 6. The lowest BCUT2D eigenvalue weighted by Gasteiger charge is -2.58. The van der Waals surface area contributed by atoms with Crippen molar-refractivity contribution in [3.63, 3.8) is 0 Å². The second-order valence-electron chi connectivity index (χ2n) is 27.4. The van der Waals surface area contributed by atoms with E-state index in [0.29, 0.717) is 28.1 Å². The second kappa shape index (κ2) is 11.9. The fourth-order valence-corrected chi connectivity index (χ4v) is 23.1. The number of hydrogen-bond donors (Lipinski definition) is 0. The summed E-state index contributed by atoms with van der Waals surface area (Å²) >= 11 is 0. The summed E-state index contributed by atoms with van der Waals surface area (Å²) in [4.78, 5) is 0. The molecule has 13 fully saturated rings. The van der Waals surface area contributed by atoms with Crippen molar-refractivity contribution in [2.24, 2.45) is 93.7 Å². The fourth-order valence-electron chi connectivity index (χ4n) is 23.1. The molecule has 13 saturated carbocycles. The highest BCUT2D eigenvalue weighted by Crippen LogP contribution is 2.73. The molecule has 0 spiro atoms. The highest BCUT2D eigenvalue weighted by molar-refractivity contribution is 5.82. The minimum absolute atomic E-state index is 0.167. The van der Waals surface area contributed by atoms with Gasteiger partial charge in [0.2, 0.25) is 0 Å². The summed E-state index contributed by atoms with van der Waals surface area (Å²) in [6.45, 7) is 5.41. The molecule has 61 heavy (non-hydrogen) atoms. The van der Waals surface area contributed by atoms with Gasteiger partial charge in [0.05, 0.1) is 0 Å². The highest BCUT2D eigenvalue weighted by atomic mass is 14.7. The van der Waals surface area contributed by atoms with Crippen LogP contribution in [-0.4, -0.2) is 0 Å². The molecule has 2 aromatic rings. The zero-order chi connectivity index (χ0) is 39.8. The lowest BCUT2D eigenvalue weighted by Crippen LogP contribution is -2.48. The molecule has 17 aliphatic rings. The molecule has 318 valence electrons. The predicted octanol–water partition coefficient (Wildman–Crippen LogP) is 15.5. The second-order valence-corrected chi connectivity index (χ2v) is 27.4. The highest BCUT2D eigenvalue weighted by Gasteiger charge is 2.62. The molecule has 0 nitrogen and oxygen atoms in total. The fraction of sp³-hybridized carbons (Fsp3) is 0.705. The average Bonchev–Trinajstić information content (AvgIpc) is 4.06. The van der Waals surface area contributed by atoms with E-state index in [9.17, 15) is 0 Å². The third-order valence-electron chi connectivity index (χ3n) is 24.0. The minimum Gasteiger partial charge on any atom is -0.0851 e. The van der Waals surface area contributed by atoms with Gasteiger partial charge in [-0.3, -0.25) is 0 Å². The minimum atomic E-state index is 0.167. The topological polar surface area (TPSA) is 0 Å². The van der Waals surface area contributed by atoms with Gasteiger partial charge < -0.3 is 0 Å². The third kappa shape index (κ3) is 4.71. The summed E-state index contributed by atoms with van der Waals surface area (Å²) in [5.74, 6) is 13.4. The number of benzene rings is 2. The molecular weight excluding hydrogens is 733 g/mol. The van der Waals surface area contributed by atoms with Crippen LogP contribution in [-0.2, 0) is 10.8 Å². The van der Waals surface area contributed by atoms with Crippen LogP contribution >= 0.6 is 0 Å². The van der Waals surface area contributed by atoms with E-state index in [1.165, 1.54) is 122 Å². The Hall–Kier alpha value is -2.34. The first-order chi connectivity index (χ1) is 29.7. The van der Waals surface area contributed by atoms with E-state index in [1.807, 2.05) is 16.7 Å². The van der Waals surface area contributed by atoms with Crippen molar-refractivity contribution in [2.45, 2.75) is 172 Å². The number of hydrogen-bond acceptors (Lipinski definition) is 0. The van der Waals surface area contributed by atoms with Crippen molar-refractivity contribution in [3.05, 3.63) is 93.6 Å².